The van der Waals surface area contributed by atoms with Gasteiger partial charge in [0.05, 0.1) is 16.8 Å². The van der Waals surface area contributed by atoms with E-state index in [4.69, 9.17) is 32.7 Å². The van der Waals surface area contributed by atoms with Crippen LogP contribution in [0.4, 0.5) is 0 Å². The van der Waals surface area contributed by atoms with Crippen LogP contribution in [0.1, 0.15) is 15.9 Å². The predicted molar refractivity (Wildman–Crippen MR) is 123 cm³/mol. The molecule has 0 radical (unpaired) electrons. The van der Waals surface area contributed by atoms with E-state index in [0.717, 1.165) is 4.47 Å². The lowest BCUT2D eigenvalue weighted by Gasteiger charge is -2.06. The van der Waals surface area contributed by atoms with Gasteiger partial charge in [-0.3, -0.25) is 4.79 Å². The molecule has 0 aliphatic heterocycles. The highest BCUT2D eigenvalue weighted by molar-refractivity contribution is 9.10. The van der Waals surface area contributed by atoms with Crippen molar-refractivity contribution in [2.75, 3.05) is 6.61 Å². The highest BCUT2D eigenvalue weighted by Gasteiger charge is 2.13. The van der Waals surface area contributed by atoms with Gasteiger partial charge in [0.2, 0.25) is 0 Å². The van der Waals surface area contributed by atoms with E-state index in [0.29, 0.717) is 22.1 Å². The Bertz CT molecular complexity index is 1100. The summed E-state index contributed by atoms with van der Waals surface area (Å²) in [5.41, 5.74) is 3.28. The van der Waals surface area contributed by atoms with Gasteiger partial charge in [0.25, 0.3) is 5.91 Å². The van der Waals surface area contributed by atoms with Crippen LogP contribution in [0.2, 0.25) is 10.0 Å². The number of carbonyl (C=O) groups is 2. The standard InChI is InChI=1S/C22H15BrCl2N2O4/c23-15-3-8-17(9-4-15)30-13-21(28)27-26-12-14-1-6-18(7-2-14)31-22(29)19-10-5-16(24)11-20(19)25/h1-12H,13H2,(H,27,28)/b26-12-. The Kier molecular flexibility index (Phi) is 8.06. The summed E-state index contributed by atoms with van der Waals surface area (Å²) >= 11 is 15.2. The second-order valence-electron chi connectivity index (χ2n) is 6.12. The molecule has 0 unspecified atom stereocenters. The smallest absolute Gasteiger partial charge is 0.345 e. The number of nitrogens with zero attached hydrogens (tertiary/aromatic N) is 1. The lowest BCUT2D eigenvalue weighted by molar-refractivity contribution is -0.123. The Hall–Kier alpha value is -2.87. The fourth-order valence-corrected chi connectivity index (χ4v) is 3.08. The van der Waals surface area contributed by atoms with Crippen molar-refractivity contribution in [1.29, 1.82) is 0 Å². The van der Waals surface area contributed by atoms with Crippen LogP contribution in [0.15, 0.2) is 76.3 Å². The van der Waals surface area contributed by atoms with Crippen LogP contribution in [-0.4, -0.2) is 24.7 Å². The second-order valence-corrected chi connectivity index (χ2v) is 7.88. The summed E-state index contributed by atoms with van der Waals surface area (Å²) in [6.45, 7) is -0.166. The summed E-state index contributed by atoms with van der Waals surface area (Å²) in [6.07, 6.45) is 1.46. The summed E-state index contributed by atoms with van der Waals surface area (Å²) in [4.78, 5) is 24.0. The minimum Gasteiger partial charge on any atom is -0.484 e. The number of hydrazone groups is 1. The van der Waals surface area contributed by atoms with Gasteiger partial charge in [0.15, 0.2) is 6.61 Å². The molecule has 0 aliphatic carbocycles. The fourth-order valence-electron chi connectivity index (χ4n) is 2.33. The quantitative estimate of drug-likeness (QED) is 0.192. The van der Waals surface area contributed by atoms with Gasteiger partial charge < -0.3 is 9.47 Å². The molecule has 0 bridgehead atoms. The van der Waals surface area contributed by atoms with Crippen LogP contribution in [0.3, 0.4) is 0 Å². The molecule has 6 nitrogen and oxygen atoms in total. The van der Waals surface area contributed by atoms with E-state index < -0.39 is 11.9 Å². The molecule has 0 saturated carbocycles. The van der Waals surface area contributed by atoms with E-state index >= 15 is 0 Å². The van der Waals surface area contributed by atoms with Crippen molar-refractivity contribution in [2.24, 2.45) is 5.10 Å². The number of rotatable bonds is 7. The summed E-state index contributed by atoms with van der Waals surface area (Å²) in [5.74, 6) is -0.0851. The second kappa shape index (κ2) is 10.9. The Morgan fingerprint density at radius 1 is 0.968 bits per heavy atom. The Morgan fingerprint density at radius 2 is 1.65 bits per heavy atom. The van der Waals surface area contributed by atoms with Gasteiger partial charge in [-0.2, -0.15) is 5.10 Å². The van der Waals surface area contributed by atoms with Gasteiger partial charge in [-0.1, -0.05) is 39.1 Å². The molecule has 0 heterocycles. The number of hydrogen-bond acceptors (Lipinski definition) is 5. The molecule has 1 N–H and O–H groups in total. The predicted octanol–water partition coefficient (Wildman–Crippen LogP) is 5.50. The van der Waals surface area contributed by atoms with Crippen molar-refractivity contribution in [3.8, 4) is 11.5 Å². The SMILES string of the molecule is O=C(COc1ccc(Br)cc1)N/N=C\c1ccc(OC(=O)c2ccc(Cl)cc2Cl)cc1. The molecule has 0 aromatic heterocycles. The van der Waals surface area contributed by atoms with Crippen molar-refractivity contribution < 1.29 is 19.1 Å². The zero-order chi connectivity index (χ0) is 22.2. The Balaban J connectivity index is 1.48. The van der Waals surface area contributed by atoms with Crippen molar-refractivity contribution in [3.05, 3.63) is 92.4 Å². The topological polar surface area (TPSA) is 77.0 Å². The summed E-state index contributed by atoms with van der Waals surface area (Å²) in [6, 6.07) is 18.2. The van der Waals surface area contributed by atoms with Crippen molar-refractivity contribution in [3.63, 3.8) is 0 Å². The molecule has 158 valence electrons. The molecular weight excluding hydrogens is 507 g/mol. The molecule has 3 rings (SSSR count). The minimum atomic E-state index is -0.596. The first-order chi connectivity index (χ1) is 14.9. The summed E-state index contributed by atoms with van der Waals surface area (Å²) in [5, 5.41) is 4.51. The fraction of sp³-hybridized carbons (Fsp3) is 0.0455. The first kappa shape index (κ1) is 22.8. The van der Waals surface area contributed by atoms with Crippen LogP contribution >= 0.6 is 39.1 Å². The molecule has 0 atom stereocenters. The number of benzene rings is 3. The first-order valence-corrected chi connectivity index (χ1v) is 10.4. The van der Waals surface area contributed by atoms with E-state index in [9.17, 15) is 9.59 Å². The van der Waals surface area contributed by atoms with Gasteiger partial charge in [-0.15, -0.1) is 0 Å². The van der Waals surface area contributed by atoms with E-state index in [1.807, 2.05) is 12.1 Å². The van der Waals surface area contributed by atoms with Gasteiger partial charge in [-0.25, -0.2) is 10.2 Å². The largest absolute Gasteiger partial charge is 0.484 e. The van der Waals surface area contributed by atoms with Gasteiger partial charge in [0, 0.05) is 9.50 Å². The van der Waals surface area contributed by atoms with Crippen LogP contribution in [0, 0.1) is 0 Å². The lowest BCUT2D eigenvalue weighted by Crippen LogP contribution is -2.24. The maximum Gasteiger partial charge on any atom is 0.345 e. The monoisotopic (exact) mass is 520 g/mol. The number of nitrogens with one attached hydrogen (secondary N) is 1. The van der Waals surface area contributed by atoms with E-state index in [1.54, 1.807) is 42.5 Å². The number of ether oxygens (including phenoxy) is 2. The molecule has 9 heteroatoms. The van der Waals surface area contributed by atoms with Crippen LogP contribution in [0.25, 0.3) is 0 Å². The third-order valence-electron chi connectivity index (χ3n) is 3.83. The highest BCUT2D eigenvalue weighted by atomic mass is 79.9. The minimum absolute atomic E-state index is 0.166. The van der Waals surface area contributed by atoms with Crippen molar-refractivity contribution in [1.82, 2.24) is 5.43 Å². The van der Waals surface area contributed by atoms with Crippen LogP contribution < -0.4 is 14.9 Å². The van der Waals surface area contributed by atoms with Crippen molar-refractivity contribution in [2.45, 2.75) is 0 Å². The van der Waals surface area contributed by atoms with Gasteiger partial charge in [0.1, 0.15) is 11.5 Å². The third-order valence-corrected chi connectivity index (χ3v) is 4.90. The molecule has 0 saturated heterocycles. The van der Waals surface area contributed by atoms with Gasteiger partial charge in [-0.05, 0) is 72.3 Å². The number of halogens is 3. The third kappa shape index (κ3) is 7.10. The molecule has 1 amide bonds. The Labute approximate surface area is 196 Å². The summed E-state index contributed by atoms with van der Waals surface area (Å²) < 4.78 is 11.6. The van der Waals surface area contributed by atoms with E-state index in [2.05, 4.69) is 26.5 Å². The van der Waals surface area contributed by atoms with E-state index in [-0.39, 0.29) is 17.2 Å². The zero-order valence-electron chi connectivity index (χ0n) is 15.8. The molecule has 3 aromatic carbocycles. The van der Waals surface area contributed by atoms with E-state index in [1.165, 1.54) is 18.3 Å². The number of hydrogen-bond donors (Lipinski definition) is 1. The normalized spacial score (nSPS) is 10.7. The maximum absolute atomic E-state index is 12.2. The molecule has 0 aliphatic rings. The molecule has 31 heavy (non-hydrogen) atoms. The van der Waals surface area contributed by atoms with Gasteiger partial charge >= 0.3 is 5.97 Å². The zero-order valence-corrected chi connectivity index (χ0v) is 18.9. The molecule has 0 fully saturated rings. The van der Waals surface area contributed by atoms with Crippen molar-refractivity contribution >= 4 is 57.2 Å². The average Bonchev–Trinajstić information content (AvgIpc) is 2.74. The molecule has 3 aromatic rings. The van der Waals surface area contributed by atoms with Crippen LogP contribution in [-0.2, 0) is 4.79 Å². The number of esters is 1. The molecule has 0 spiro atoms. The number of amides is 1. The average molecular weight is 522 g/mol. The summed E-state index contributed by atoms with van der Waals surface area (Å²) in [7, 11) is 0. The highest BCUT2D eigenvalue weighted by Crippen LogP contribution is 2.23. The molecular formula is C22H15BrCl2N2O4. The first-order valence-electron chi connectivity index (χ1n) is 8.88. The number of carbonyl (C=O) groups excluding carboxylic acids is 2. The Morgan fingerprint density at radius 3 is 2.32 bits per heavy atom. The maximum atomic E-state index is 12.2. The van der Waals surface area contributed by atoms with Crippen LogP contribution in [0.5, 0.6) is 11.5 Å². The lowest BCUT2D eigenvalue weighted by atomic mass is 10.2.